The molecule has 1 fully saturated rings. The molecule has 1 saturated carbocycles. The largest absolute Gasteiger partial charge is 0.446 e. The van der Waals surface area contributed by atoms with Crippen LogP contribution in [-0.2, 0) is 4.74 Å². The van der Waals surface area contributed by atoms with Crippen LogP contribution in [0.1, 0.15) is 45.4 Å². The second kappa shape index (κ2) is 9.27. The van der Waals surface area contributed by atoms with Crippen molar-refractivity contribution in [1.82, 2.24) is 15.3 Å². The van der Waals surface area contributed by atoms with Crippen molar-refractivity contribution in [2.75, 3.05) is 11.9 Å². The molecule has 6 nitrogen and oxygen atoms in total. The van der Waals surface area contributed by atoms with E-state index in [0.717, 1.165) is 43.0 Å². The lowest BCUT2D eigenvalue weighted by atomic mass is 9.93. The highest BCUT2D eigenvalue weighted by molar-refractivity contribution is 9.10. The van der Waals surface area contributed by atoms with Crippen LogP contribution in [0.3, 0.4) is 0 Å². The first-order chi connectivity index (χ1) is 11.1. The smallest absolute Gasteiger partial charge is 0.407 e. The van der Waals surface area contributed by atoms with Crippen LogP contribution in [0, 0.1) is 0 Å². The van der Waals surface area contributed by atoms with Crippen molar-refractivity contribution in [3.8, 4) is 0 Å². The fraction of sp³-hybridized carbons (Fsp3) is 0.667. The number of anilines is 1. The van der Waals surface area contributed by atoms with Gasteiger partial charge in [-0.15, -0.1) is 0 Å². The molecule has 0 aliphatic heterocycles. The Morgan fingerprint density at radius 1 is 1.43 bits per heavy atom. The molecule has 128 valence electrons. The van der Waals surface area contributed by atoms with Gasteiger partial charge in [-0.3, -0.25) is 0 Å². The van der Waals surface area contributed by atoms with Crippen LogP contribution in [0.2, 0.25) is 5.28 Å². The van der Waals surface area contributed by atoms with Crippen molar-refractivity contribution in [2.45, 2.75) is 57.6 Å². The van der Waals surface area contributed by atoms with Crippen molar-refractivity contribution in [3.05, 3.63) is 16.0 Å². The summed E-state index contributed by atoms with van der Waals surface area (Å²) >= 11 is 9.23. The van der Waals surface area contributed by atoms with Crippen molar-refractivity contribution in [1.29, 1.82) is 0 Å². The summed E-state index contributed by atoms with van der Waals surface area (Å²) in [5, 5.41) is 6.37. The molecule has 0 saturated heterocycles. The van der Waals surface area contributed by atoms with Crippen LogP contribution in [0.5, 0.6) is 0 Å². The third-order valence-corrected chi connectivity index (χ3v) is 4.57. The van der Waals surface area contributed by atoms with Gasteiger partial charge in [0.05, 0.1) is 4.47 Å². The summed E-state index contributed by atoms with van der Waals surface area (Å²) in [6.07, 6.45) is 6.87. The summed E-state index contributed by atoms with van der Waals surface area (Å²) < 4.78 is 6.23. The normalized spacial score (nSPS) is 20.8. The summed E-state index contributed by atoms with van der Waals surface area (Å²) in [7, 11) is 0. The van der Waals surface area contributed by atoms with Gasteiger partial charge in [-0.05, 0) is 59.6 Å². The van der Waals surface area contributed by atoms with Crippen LogP contribution >= 0.6 is 27.5 Å². The molecular weight excluding hydrogens is 384 g/mol. The summed E-state index contributed by atoms with van der Waals surface area (Å²) in [5.74, 6) is 0.701. The van der Waals surface area contributed by atoms with Crippen molar-refractivity contribution >= 4 is 39.4 Å². The highest BCUT2D eigenvalue weighted by Gasteiger charge is 2.24. The summed E-state index contributed by atoms with van der Waals surface area (Å²) in [6.45, 7) is 2.76. The van der Waals surface area contributed by atoms with Crippen molar-refractivity contribution in [2.24, 2.45) is 0 Å². The SMILES string of the molecule is CCCCNC(=O)OC1CCC(Nc2nc(Cl)ncc2Br)CC1. The summed E-state index contributed by atoms with van der Waals surface area (Å²) in [5.41, 5.74) is 0. The van der Waals surface area contributed by atoms with E-state index in [9.17, 15) is 4.79 Å². The van der Waals surface area contributed by atoms with Crippen molar-refractivity contribution in [3.63, 3.8) is 0 Å². The minimum Gasteiger partial charge on any atom is -0.446 e. The van der Waals surface area contributed by atoms with E-state index in [1.807, 2.05) is 0 Å². The van der Waals surface area contributed by atoms with Gasteiger partial charge in [-0.2, -0.15) is 4.98 Å². The lowest BCUT2D eigenvalue weighted by Gasteiger charge is -2.29. The van der Waals surface area contributed by atoms with Gasteiger partial charge in [-0.1, -0.05) is 13.3 Å². The molecule has 1 amide bonds. The lowest BCUT2D eigenvalue weighted by Crippen LogP contribution is -2.34. The second-order valence-corrected chi connectivity index (χ2v) is 6.83. The fourth-order valence-electron chi connectivity index (χ4n) is 2.53. The Morgan fingerprint density at radius 2 is 2.17 bits per heavy atom. The third-order valence-electron chi connectivity index (χ3n) is 3.80. The Hall–Kier alpha value is -1.08. The van der Waals surface area contributed by atoms with Crippen LogP contribution < -0.4 is 10.6 Å². The Morgan fingerprint density at radius 3 is 2.87 bits per heavy atom. The Kier molecular flexibility index (Phi) is 7.36. The first kappa shape index (κ1) is 18.3. The minimum absolute atomic E-state index is 0.00731. The zero-order valence-electron chi connectivity index (χ0n) is 13.1. The van der Waals surface area contributed by atoms with Gasteiger partial charge in [0.25, 0.3) is 0 Å². The predicted octanol–water partition coefficient (Wildman–Crippen LogP) is 4.14. The van der Waals surface area contributed by atoms with E-state index < -0.39 is 0 Å². The molecule has 0 unspecified atom stereocenters. The number of halogens is 2. The molecular formula is C15H22BrClN4O2. The molecule has 0 spiro atoms. The Balaban J connectivity index is 1.73. The first-order valence-electron chi connectivity index (χ1n) is 7.97. The molecule has 1 aromatic heterocycles. The minimum atomic E-state index is -0.305. The molecule has 1 aliphatic carbocycles. The predicted molar refractivity (Wildman–Crippen MR) is 93.8 cm³/mol. The van der Waals surface area contributed by atoms with Gasteiger partial charge in [0.1, 0.15) is 11.9 Å². The van der Waals surface area contributed by atoms with E-state index in [4.69, 9.17) is 16.3 Å². The van der Waals surface area contributed by atoms with E-state index in [0.29, 0.717) is 18.4 Å². The van der Waals surface area contributed by atoms with Gasteiger partial charge >= 0.3 is 6.09 Å². The topological polar surface area (TPSA) is 76.1 Å². The van der Waals surface area contributed by atoms with Crippen LogP contribution in [0.4, 0.5) is 10.6 Å². The quantitative estimate of drug-likeness (QED) is 0.549. The fourth-order valence-corrected chi connectivity index (χ4v) is 2.96. The standard InChI is InChI=1S/C15H22BrClN4O2/c1-2-3-8-18-15(22)23-11-6-4-10(5-7-11)20-13-12(16)9-19-14(17)21-13/h9-11H,2-8H2,1H3,(H,18,22)(H,19,20,21). The highest BCUT2D eigenvalue weighted by atomic mass is 79.9. The second-order valence-electron chi connectivity index (χ2n) is 5.64. The van der Waals surface area contributed by atoms with Gasteiger partial charge in [0.15, 0.2) is 0 Å². The van der Waals surface area contributed by atoms with E-state index in [1.165, 1.54) is 0 Å². The van der Waals surface area contributed by atoms with E-state index in [-0.39, 0.29) is 17.5 Å². The molecule has 0 bridgehead atoms. The van der Waals surface area contributed by atoms with Gasteiger partial charge in [0, 0.05) is 18.8 Å². The monoisotopic (exact) mass is 404 g/mol. The maximum atomic E-state index is 11.7. The molecule has 2 N–H and O–H groups in total. The summed E-state index contributed by atoms with van der Waals surface area (Å²) in [6, 6.07) is 0.292. The number of amides is 1. The van der Waals surface area contributed by atoms with E-state index in [2.05, 4.69) is 43.5 Å². The number of hydrogen-bond acceptors (Lipinski definition) is 5. The zero-order chi connectivity index (χ0) is 16.7. The van der Waals surface area contributed by atoms with Crippen LogP contribution in [0.15, 0.2) is 10.7 Å². The van der Waals surface area contributed by atoms with Gasteiger partial charge < -0.3 is 15.4 Å². The molecule has 0 radical (unpaired) electrons. The van der Waals surface area contributed by atoms with E-state index >= 15 is 0 Å². The number of rotatable bonds is 6. The maximum absolute atomic E-state index is 11.7. The number of nitrogens with zero attached hydrogens (tertiary/aromatic N) is 2. The zero-order valence-corrected chi connectivity index (χ0v) is 15.5. The average molecular weight is 406 g/mol. The number of nitrogens with one attached hydrogen (secondary N) is 2. The average Bonchev–Trinajstić information content (AvgIpc) is 2.53. The Bertz CT molecular complexity index is 524. The molecule has 0 atom stereocenters. The number of carbonyl (C=O) groups is 1. The third kappa shape index (κ3) is 6.14. The Labute approximate surface area is 149 Å². The van der Waals surface area contributed by atoms with E-state index in [1.54, 1.807) is 6.20 Å². The van der Waals surface area contributed by atoms with Crippen LogP contribution in [-0.4, -0.2) is 34.8 Å². The number of carbonyl (C=O) groups excluding carboxylic acids is 1. The highest BCUT2D eigenvalue weighted by Crippen LogP contribution is 2.27. The van der Waals surface area contributed by atoms with Gasteiger partial charge in [0.2, 0.25) is 5.28 Å². The molecule has 8 heteroatoms. The molecule has 1 aromatic rings. The number of hydrogen-bond donors (Lipinski definition) is 2. The molecule has 2 rings (SSSR count). The lowest BCUT2D eigenvalue weighted by molar-refractivity contribution is 0.0732. The molecule has 1 heterocycles. The number of ether oxygens (including phenoxy) is 1. The molecule has 1 aliphatic rings. The number of aromatic nitrogens is 2. The number of alkyl carbamates (subject to hydrolysis) is 1. The number of unbranched alkanes of at least 4 members (excludes halogenated alkanes) is 1. The first-order valence-corrected chi connectivity index (χ1v) is 9.14. The van der Waals surface area contributed by atoms with Gasteiger partial charge in [-0.25, -0.2) is 9.78 Å². The maximum Gasteiger partial charge on any atom is 0.407 e. The molecule has 23 heavy (non-hydrogen) atoms. The molecule has 0 aromatic carbocycles. The summed E-state index contributed by atoms with van der Waals surface area (Å²) in [4.78, 5) is 19.7. The van der Waals surface area contributed by atoms with Crippen molar-refractivity contribution < 1.29 is 9.53 Å². The van der Waals surface area contributed by atoms with Crippen LogP contribution in [0.25, 0.3) is 0 Å².